The lowest BCUT2D eigenvalue weighted by atomic mass is 9.92. The minimum atomic E-state index is -4.56. The van der Waals surface area contributed by atoms with Crippen LogP contribution >= 0.6 is 0 Å². The summed E-state index contributed by atoms with van der Waals surface area (Å²) in [7, 11) is 1.33. The van der Waals surface area contributed by atoms with Crippen LogP contribution in [0.3, 0.4) is 0 Å². The van der Waals surface area contributed by atoms with Crippen LogP contribution in [0, 0.1) is 6.92 Å². The third-order valence-corrected chi connectivity index (χ3v) is 3.54. The van der Waals surface area contributed by atoms with E-state index in [1.54, 1.807) is 24.3 Å². The third-order valence-electron chi connectivity index (χ3n) is 3.54. The molecule has 0 spiro atoms. The van der Waals surface area contributed by atoms with Crippen LogP contribution in [0.1, 0.15) is 28.3 Å². The Balaban J connectivity index is 2.49. The van der Waals surface area contributed by atoms with E-state index in [-0.39, 0.29) is 5.69 Å². The fourth-order valence-electron chi connectivity index (χ4n) is 2.24. The van der Waals surface area contributed by atoms with Gasteiger partial charge in [0.05, 0.1) is 11.3 Å². The molecule has 5 nitrogen and oxygen atoms in total. The van der Waals surface area contributed by atoms with Gasteiger partial charge in [0, 0.05) is 13.2 Å². The fourth-order valence-corrected chi connectivity index (χ4v) is 2.24. The summed E-state index contributed by atoms with van der Waals surface area (Å²) in [6.45, 7) is 1.84. The monoisotopic (exact) mass is 351 g/mol. The van der Waals surface area contributed by atoms with Crippen molar-refractivity contribution in [3.05, 3.63) is 65.0 Å². The second-order valence-corrected chi connectivity index (χ2v) is 5.38. The largest absolute Gasteiger partial charge is 0.416 e. The molecular weight excluding hydrogens is 335 g/mol. The zero-order valence-corrected chi connectivity index (χ0v) is 13.5. The molecule has 1 aromatic carbocycles. The Hall–Kier alpha value is -2.90. The zero-order valence-electron chi connectivity index (χ0n) is 13.5. The van der Waals surface area contributed by atoms with Gasteiger partial charge < -0.3 is 5.32 Å². The van der Waals surface area contributed by atoms with Crippen LogP contribution in [0.15, 0.2) is 42.6 Å². The van der Waals surface area contributed by atoms with E-state index in [0.29, 0.717) is 5.56 Å². The molecule has 0 aliphatic carbocycles. The van der Waals surface area contributed by atoms with Crippen molar-refractivity contribution in [1.29, 1.82) is 0 Å². The summed E-state index contributed by atoms with van der Waals surface area (Å²) in [5.74, 6) is -1.92. The summed E-state index contributed by atoms with van der Waals surface area (Å²) in [4.78, 5) is 27.8. The number of aromatic nitrogens is 1. The first-order valence-electron chi connectivity index (χ1n) is 7.34. The minimum absolute atomic E-state index is 0.0971. The van der Waals surface area contributed by atoms with Crippen LogP contribution in [0.4, 0.5) is 18.0 Å². The molecule has 132 valence electrons. The van der Waals surface area contributed by atoms with E-state index in [1.807, 2.05) is 6.92 Å². The van der Waals surface area contributed by atoms with E-state index in [1.165, 1.54) is 7.05 Å². The number of carbonyl (C=O) groups is 2. The first-order chi connectivity index (χ1) is 11.7. The molecule has 1 aromatic heterocycles. The van der Waals surface area contributed by atoms with E-state index in [4.69, 9.17) is 0 Å². The first-order valence-corrected chi connectivity index (χ1v) is 7.34. The Kier molecular flexibility index (Phi) is 5.41. The van der Waals surface area contributed by atoms with Gasteiger partial charge in [-0.3, -0.25) is 15.1 Å². The number of carbonyl (C=O) groups excluding carboxylic acids is 2. The molecule has 0 aliphatic heterocycles. The number of benzene rings is 1. The summed E-state index contributed by atoms with van der Waals surface area (Å²) >= 11 is 0. The van der Waals surface area contributed by atoms with Gasteiger partial charge in [0.15, 0.2) is 0 Å². The number of aryl methyl sites for hydroxylation is 1. The van der Waals surface area contributed by atoms with Crippen LogP contribution < -0.4 is 10.6 Å². The fraction of sp³-hybridized carbons (Fsp3) is 0.235. The lowest BCUT2D eigenvalue weighted by molar-refractivity contribution is -0.137. The standard InChI is InChI=1S/C17H16F3N3O2/c1-10-3-5-11(6-4-10)14(15(24)23-16(25)21-2)13-9-12(7-8-22-13)17(18,19)20/h3-9,14H,1-2H3,(H2,21,23,24,25). The quantitative estimate of drug-likeness (QED) is 0.893. The van der Waals surface area contributed by atoms with Gasteiger partial charge in [-0.2, -0.15) is 13.2 Å². The summed E-state index contributed by atoms with van der Waals surface area (Å²) in [6, 6.07) is 7.57. The molecule has 0 radical (unpaired) electrons. The Bertz CT molecular complexity index is 773. The summed E-state index contributed by atoms with van der Waals surface area (Å²) in [6.07, 6.45) is -3.57. The highest BCUT2D eigenvalue weighted by Crippen LogP contribution is 2.32. The van der Waals surface area contributed by atoms with Gasteiger partial charge in [-0.1, -0.05) is 29.8 Å². The third kappa shape index (κ3) is 4.56. The number of pyridine rings is 1. The van der Waals surface area contributed by atoms with Crippen molar-refractivity contribution in [3.63, 3.8) is 0 Å². The topological polar surface area (TPSA) is 71.1 Å². The van der Waals surface area contributed by atoms with E-state index >= 15 is 0 Å². The second-order valence-electron chi connectivity index (χ2n) is 5.38. The number of alkyl halides is 3. The highest BCUT2D eigenvalue weighted by Gasteiger charge is 2.33. The Labute approximate surface area is 142 Å². The van der Waals surface area contributed by atoms with Crippen molar-refractivity contribution in [3.8, 4) is 0 Å². The molecular formula is C17H16F3N3O2. The van der Waals surface area contributed by atoms with Crippen LogP contribution in [0.2, 0.25) is 0 Å². The molecule has 0 aliphatic rings. The predicted molar refractivity (Wildman–Crippen MR) is 84.9 cm³/mol. The molecule has 0 saturated carbocycles. The number of nitrogens with one attached hydrogen (secondary N) is 2. The summed E-state index contributed by atoms with van der Waals surface area (Å²) in [5, 5.41) is 4.32. The number of hydrogen-bond donors (Lipinski definition) is 2. The van der Waals surface area contributed by atoms with E-state index in [0.717, 1.165) is 23.9 Å². The van der Waals surface area contributed by atoms with Crippen molar-refractivity contribution in [2.24, 2.45) is 0 Å². The van der Waals surface area contributed by atoms with Crippen LogP contribution in [0.5, 0.6) is 0 Å². The number of amides is 3. The van der Waals surface area contributed by atoms with Gasteiger partial charge in [0.1, 0.15) is 5.92 Å². The molecule has 0 saturated heterocycles. The Morgan fingerprint density at radius 2 is 1.76 bits per heavy atom. The molecule has 2 N–H and O–H groups in total. The van der Waals surface area contributed by atoms with Gasteiger partial charge in [0.25, 0.3) is 0 Å². The molecule has 3 amide bonds. The summed E-state index contributed by atoms with van der Waals surface area (Å²) < 4.78 is 38.9. The van der Waals surface area contributed by atoms with Crippen LogP contribution in [-0.4, -0.2) is 24.0 Å². The second kappa shape index (κ2) is 7.33. The van der Waals surface area contributed by atoms with Crippen LogP contribution in [0.25, 0.3) is 0 Å². The van der Waals surface area contributed by atoms with Crippen molar-refractivity contribution in [2.75, 3.05) is 7.05 Å². The van der Waals surface area contributed by atoms with Gasteiger partial charge in [-0.15, -0.1) is 0 Å². The summed E-state index contributed by atoms with van der Waals surface area (Å²) in [5.41, 5.74) is 0.340. The molecule has 2 rings (SSSR count). The van der Waals surface area contributed by atoms with E-state index < -0.39 is 29.6 Å². The maximum absolute atomic E-state index is 13.0. The first kappa shape index (κ1) is 18.4. The maximum atomic E-state index is 13.0. The lowest BCUT2D eigenvalue weighted by Crippen LogP contribution is -2.40. The number of urea groups is 1. The maximum Gasteiger partial charge on any atom is 0.416 e. The smallest absolute Gasteiger partial charge is 0.341 e. The molecule has 0 bridgehead atoms. The Morgan fingerprint density at radius 1 is 1.12 bits per heavy atom. The number of imide groups is 1. The number of rotatable bonds is 3. The normalized spacial score (nSPS) is 12.4. The molecule has 2 aromatic rings. The number of hydrogen-bond acceptors (Lipinski definition) is 3. The van der Waals surface area contributed by atoms with Gasteiger partial charge in [-0.05, 0) is 24.6 Å². The number of halogens is 3. The average molecular weight is 351 g/mol. The van der Waals surface area contributed by atoms with E-state index in [9.17, 15) is 22.8 Å². The van der Waals surface area contributed by atoms with Crippen LogP contribution in [-0.2, 0) is 11.0 Å². The number of nitrogens with zero attached hydrogens (tertiary/aromatic N) is 1. The highest BCUT2D eigenvalue weighted by molar-refractivity contribution is 5.99. The molecule has 1 unspecified atom stereocenters. The van der Waals surface area contributed by atoms with E-state index in [2.05, 4.69) is 15.6 Å². The van der Waals surface area contributed by atoms with Crippen molar-refractivity contribution in [2.45, 2.75) is 19.0 Å². The molecule has 1 atom stereocenters. The molecule has 1 heterocycles. The van der Waals surface area contributed by atoms with Crippen molar-refractivity contribution >= 4 is 11.9 Å². The SMILES string of the molecule is CNC(=O)NC(=O)C(c1ccc(C)cc1)c1cc(C(F)(F)F)ccn1. The van der Waals surface area contributed by atoms with Gasteiger partial charge >= 0.3 is 12.2 Å². The molecule has 25 heavy (non-hydrogen) atoms. The van der Waals surface area contributed by atoms with Gasteiger partial charge in [-0.25, -0.2) is 4.79 Å². The van der Waals surface area contributed by atoms with Crippen molar-refractivity contribution in [1.82, 2.24) is 15.6 Å². The lowest BCUT2D eigenvalue weighted by Gasteiger charge is -2.18. The predicted octanol–water partition coefficient (Wildman–Crippen LogP) is 3.00. The highest BCUT2D eigenvalue weighted by atomic mass is 19.4. The minimum Gasteiger partial charge on any atom is -0.341 e. The molecule has 8 heteroatoms. The zero-order chi connectivity index (χ0) is 18.6. The average Bonchev–Trinajstić information content (AvgIpc) is 2.56. The molecule has 0 fully saturated rings. The van der Waals surface area contributed by atoms with Crippen molar-refractivity contribution < 1.29 is 22.8 Å². The van der Waals surface area contributed by atoms with Gasteiger partial charge in [0.2, 0.25) is 5.91 Å². The Morgan fingerprint density at radius 3 is 2.32 bits per heavy atom.